The molecular formula is C16H24ClN3O3S. The molecule has 8 heteroatoms. The number of sulfonamides is 1. The third kappa shape index (κ3) is 6.05. The predicted molar refractivity (Wildman–Crippen MR) is 96.9 cm³/mol. The highest BCUT2D eigenvalue weighted by Gasteiger charge is 2.25. The molecule has 1 aliphatic rings. The van der Waals surface area contributed by atoms with Gasteiger partial charge in [0.2, 0.25) is 15.9 Å². The van der Waals surface area contributed by atoms with E-state index >= 15 is 0 Å². The lowest BCUT2D eigenvalue weighted by Gasteiger charge is -2.35. The minimum Gasteiger partial charge on any atom is -0.325 e. The Morgan fingerprint density at radius 3 is 2.79 bits per heavy atom. The zero-order valence-electron chi connectivity index (χ0n) is 14.0. The summed E-state index contributed by atoms with van der Waals surface area (Å²) in [5, 5.41) is 3.46. The maximum atomic E-state index is 12.3. The summed E-state index contributed by atoms with van der Waals surface area (Å²) in [6.07, 6.45) is 4.08. The number of nitrogens with zero attached hydrogens (tertiary/aromatic N) is 1. The first kappa shape index (κ1) is 19.2. The maximum Gasteiger partial charge on any atom is 0.238 e. The van der Waals surface area contributed by atoms with Gasteiger partial charge in [0, 0.05) is 23.3 Å². The van der Waals surface area contributed by atoms with Crippen LogP contribution in [0.1, 0.15) is 24.8 Å². The molecule has 1 amide bonds. The molecular weight excluding hydrogens is 350 g/mol. The molecule has 0 unspecified atom stereocenters. The number of carbonyl (C=O) groups is 1. The number of piperidine rings is 1. The van der Waals surface area contributed by atoms with Gasteiger partial charge < -0.3 is 5.32 Å². The van der Waals surface area contributed by atoms with E-state index in [4.69, 9.17) is 11.6 Å². The van der Waals surface area contributed by atoms with Crippen LogP contribution in [-0.4, -0.2) is 51.2 Å². The zero-order valence-corrected chi connectivity index (χ0v) is 15.6. The first-order chi connectivity index (χ1) is 11.2. The van der Waals surface area contributed by atoms with Crippen molar-refractivity contribution in [2.24, 2.45) is 0 Å². The molecule has 2 N–H and O–H groups in total. The molecule has 1 atom stereocenters. The third-order valence-electron chi connectivity index (χ3n) is 4.13. The minimum atomic E-state index is -3.22. The van der Waals surface area contributed by atoms with Crippen molar-refractivity contribution in [3.05, 3.63) is 28.8 Å². The van der Waals surface area contributed by atoms with Crippen LogP contribution in [-0.2, 0) is 14.8 Å². The molecule has 0 saturated carbocycles. The number of anilines is 1. The molecule has 0 bridgehead atoms. The molecule has 1 fully saturated rings. The summed E-state index contributed by atoms with van der Waals surface area (Å²) >= 11 is 6.07. The van der Waals surface area contributed by atoms with Crippen LogP contribution in [0.4, 0.5) is 5.69 Å². The molecule has 1 aromatic carbocycles. The first-order valence-electron chi connectivity index (χ1n) is 7.99. The van der Waals surface area contributed by atoms with Gasteiger partial charge in [-0.25, -0.2) is 13.1 Å². The van der Waals surface area contributed by atoms with E-state index < -0.39 is 10.0 Å². The van der Waals surface area contributed by atoms with E-state index in [0.29, 0.717) is 17.3 Å². The lowest BCUT2D eigenvalue weighted by Crippen LogP contribution is -2.49. The Balaban J connectivity index is 1.93. The van der Waals surface area contributed by atoms with Gasteiger partial charge in [0.25, 0.3) is 0 Å². The van der Waals surface area contributed by atoms with Crippen LogP contribution >= 0.6 is 11.6 Å². The van der Waals surface area contributed by atoms with Crippen molar-refractivity contribution in [2.75, 3.05) is 31.2 Å². The Hall–Kier alpha value is -1.15. The van der Waals surface area contributed by atoms with Crippen molar-refractivity contribution in [3.63, 3.8) is 0 Å². The lowest BCUT2D eigenvalue weighted by molar-refractivity contribution is -0.118. The topological polar surface area (TPSA) is 78.5 Å². The second-order valence-electron chi connectivity index (χ2n) is 6.25. The largest absolute Gasteiger partial charge is 0.325 e. The normalized spacial score (nSPS) is 19.2. The fourth-order valence-electron chi connectivity index (χ4n) is 2.80. The van der Waals surface area contributed by atoms with Crippen LogP contribution in [0.25, 0.3) is 0 Å². The highest BCUT2D eigenvalue weighted by molar-refractivity contribution is 7.88. The van der Waals surface area contributed by atoms with E-state index in [2.05, 4.69) is 10.0 Å². The molecule has 134 valence electrons. The fourth-order valence-corrected chi connectivity index (χ4v) is 3.48. The molecule has 0 aliphatic carbocycles. The molecule has 1 aromatic rings. The Morgan fingerprint density at radius 1 is 1.38 bits per heavy atom. The van der Waals surface area contributed by atoms with Gasteiger partial charge in [0.05, 0.1) is 12.8 Å². The highest BCUT2D eigenvalue weighted by atomic mass is 35.5. The van der Waals surface area contributed by atoms with Gasteiger partial charge in [0.1, 0.15) is 0 Å². The highest BCUT2D eigenvalue weighted by Crippen LogP contribution is 2.20. The molecule has 24 heavy (non-hydrogen) atoms. The number of amides is 1. The quantitative estimate of drug-likeness (QED) is 0.799. The smallest absolute Gasteiger partial charge is 0.238 e. The maximum absolute atomic E-state index is 12.3. The van der Waals surface area contributed by atoms with Crippen molar-refractivity contribution < 1.29 is 13.2 Å². The van der Waals surface area contributed by atoms with Gasteiger partial charge in [-0.05, 0) is 44.0 Å². The fraction of sp³-hybridized carbons (Fsp3) is 0.562. The Labute approximate surface area is 148 Å². The van der Waals surface area contributed by atoms with E-state index in [9.17, 15) is 13.2 Å². The average Bonchev–Trinajstić information content (AvgIpc) is 2.49. The van der Waals surface area contributed by atoms with E-state index in [1.165, 1.54) is 0 Å². The van der Waals surface area contributed by atoms with Crippen LogP contribution in [0.3, 0.4) is 0 Å². The Bertz CT molecular complexity index is 694. The van der Waals surface area contributed by atoms with Gasteiger partial charge in [-0.1, -0.05) is 24.1 Å². The molecule has 1 saturated heterocycles. The van der Waals surface area contributed by atoms with Crippen LogP contribution in [0, 0.1) is 6.92 Å². The van der Waals surface area contributed by atoms with Crippen LogP contribution in [0.15, 0.2) is 18.2 Å². The number of likely N-dealkylation sites (tertiary alicyclic amines) is 1. The number of halogens is 1. The summed E-state index contributed by atoms with van der Waals surface area (Å²) in [6, 6.07) is 5.45. The molecule has 0 aromatic heterocycles. The molecule has 1 aliphatic heterocycles. The summed E-state index contributed by atoms with van der Waals surface area (Å²) in [5.74, 6) is -0.124. The van der Waals surface area contributed by atoms with Crippen molar-refractivity contribution in [2.45, 2.75) is 32.2 Å². The summed E-state index contributed by atoms with van der Waals surface area (Å²) in [4.78, 5) is 14.3. The van der Waals surface area contributed by atoms with Gasteiger partial charge in [0.15, 0.2) is 0 Å². The summed E-state index contributed by atoms with van der Waals surface area (Å²) in [5.41, 5.74) is 1.62. The summed E-state index contributed by atoms with van der Waals surface area (Å²) < 4.78 is 25.1. The van der Waals surface area contributed by atoms with E-state index in [1.54, 1.807) is 6.07 Å². The van der Waals surface area contributed by atoms with Crippen LogP contribution in [0.5, 0.6) is 0 Å². The van der Waals surface area contributed by atoms with Crippen molar-refractivity contribution >= 4 is 33.2 Å². The van der Waals surface area contributed by atoms with Gasteiger partial charge in [-0.3, -0.25) is 9.69 Å². The molecule has 0 radical (unpaired) electrons. The second-order valence-corrected chi connectivity index (χ2v) is 8.49. The average molecular weight is 374 g/mol. The minimum absolute atomic E-state index is 0.0424. The number of nitrogens with one attached hydrogen (secondary N) is 2. The number of rotatable bonds is 6. The number of benzene rings is 1. The monoisotopic (exact) mass is 373 g/mol. The SMILES string of the molecule is Cc1ccc(NC(=O)CN2CCCC[C@H]2CNS(C)(=O)=O)cc1Cl. The van der Waals surface area contributed by atoms with Crippen molar-refractivity contribution in [1.82, 2.24) is 9.62 Å². The second kappa shape index (κ2) is 8.29. The van der Waals surface area contributed by atoms with E-state index in [1.807, 2.05) is 24.0 Å². The Morgan fingerprint density at radius 2 is 2.12 bits per heavy atom. The van der Waals surface area contributed by atoms with Gasteiger partial charge in [-0.2, -0.15) is 0 Å². The third-order valence-corrected chi connectivity index (χ3v) is 5.23. The number of carbonyl (C=O) groups excluding carboxylic acids is 1. The van der Waals surface area contributed by atoms with E-state index in [0.717, 1.165) is 37.6 Å². The lowest BCUT2D eigenvalue weighted by atomic mass is 10.0. The van der Waals surface area contributed by atoms with Gasteiger partial charge in [-0.15, -0.1) is 0 Å². The number of hydrogen-bond donors (Lipinski definition) is 2. The van der Waals surface area contributed by atoms with Crippen LogP contribution in [0.2, 0.25) is 5.02 Å². The molecule has 0 spiro atoms. The van der Waals surface area contributed by atoms with E-state index in [-0.39, 0.29) is 18.5 Å². The standard InChI is InChI=1S/C16H24ClN3O3S/c1-12-6-7-13(9-15(12)17)19-16(21)11-20-8-4-3-5-14(20)10-18-24(2,22)23/h6-7,9,14,18H,3-5,8,10-11H2,1-2H3,(H,19,21)/t14-/m0/s1. The summed E-state index contributed by atoms with van der Waals surface area (Å²) in [6.45, 7) is 3.27. The first-order valence-corrected chi connectivity index (χ1v) is 10.3. The van der Waals surface area contributed by atoms with Crippen molar-refractivity contribution in [3.8, 4) is 0 Å². The summed E-state index contributed by atoms with van der Waals surface area (Å²) in [7, 11) is -3.22. The molecule has 6 nitrogen and oxygen atoms in total. The Kier molecular flexibility index (Phi) is 6.62. The molecule has 2 rings (SSSR count). The number of aryl methyl sites for hydroxylation is 1. The van der Waals surface area contributed by atoms with Crippen LogP contribution < -0.4 is 10.0 Å². The zero-order chi connectivity index (χ0) is 17.7. The van der Waals surface area contributed by atoms with Gasteiger partial charge >= 0.3 is 0 Å². The predicted octanol–water partition coefficient (Wildman–Crippen LogP) is 1.99. The number of hydrogen-bond acceptors (Lipinski definition) is 4. The molecule has 1 heterocycles. The van der Waals surface area contributed by atoms with Crippen molar-refractivity contribution in [1.29, 1.82) is 0 Å².